The van der Waals surface area contributed by atoms with Gasteiger partial charge in [0.05, 0.1) is 25.4 Å². The van der Waals surface area contributed by atoms with Crippen LogP contribution in [0.2, 0.25) is 0 Å². The lowest BCUT2D eigenvalue weighted by atomic mass is 10.1. The highest BCUT2D eigenvalue weighted by Gasteiger charge is 2.50. The largest absolute Gasteiger partial charge is 0.435 e. The van der Waals surface area contributed by atoms with Crippen LogP contribution in [0.3, 0.4) is 0 Å². The Morgan fingerprint density at radius 2 is 1.61 bits per heavy atom. The molecule has 1 amide bonds. The molecule has 0 aromatic heterocycles. The highest BCUT2D eigenvalue weighted by atomic mass is 32.2. The van der Waals surface area contributed by atoms with E-state index in [1.54, 1.807) is 42.5 Å². The van der Waals surface area contributed by atoms with Gasteiger partial charge in [-0.3, -0.25) is 4.79 Å². The van der Waals surface area contributed by atoms with Crippen molar-refractivity contribution in [3.63, 3.8) is 0 Å². The number of nitrogens with zero attached hydrogens (tertiary/aromatic N) is 3. The summed E-state index contributed by atoms with van der Waals surface area (Å²) < 4.78 is 62.8. The second kappa shape index (κ2) is 10.9. The summed E-state index contributed by atoms with van der Waals surface area (Å²) in [6.45, 7) is -0.417. The smallest absolute Gasteiger partial charge is 0.387 e. The number of aliphatic imine (C=N–C) groups is 1. The van der Waals surface area contributed by atoms with Crippen LogP contribution in [0.4, 0.5) is 20.2 Å². The van der Waals surface area contributed by atoms with E-state index >= 15 is 0 Å². The minimum Gasteiger partial charge on any atom is -0.435 e. The molecule has 0 N–H and O–H groups in total. The average Bonchev–Trinajstić information content (AvgIpc) is 3.10. The first-order chi connectivity index (χ1) is 18.3. The third-order valence-corrected chi connectivity index (χ3v) is 8.35. The zero-order chi connectivity index (χ0) is 26.7. The molecule has 198 valence electrons. The van der Waals surface area contributed by atoms with E-state index in [0.717, 1.165) is 23.1 Å². The monoisotopic (exact) mass is 541 g/mol. The van der Waals surface area contributed by atoms with Gasteiger partial charge in [0.15, 0.2) is 5.25 Å². The Labute approximate surface area is 219 Å². The molecule has 2 aliphatic rings. The zero-order valence-electron chi connectivity index (χ0n) is 20.2. The molecular weight excluding hydrogens is 516 g/mol. The number of anilines is 1. The van der Waals surface area contributed by atoms with E-state index in [1.165, 1.54) is 24.3 Å². The number of benzene rings is 3. The molecule has 1 unspecified atom stereocenters. The number of rotatable bonds is 7. The van der Waals surface area contributed by atoms with Crippen molar-refractivity contribution in [2.75, 3.05) is 31.2 Å². The van der Waals surface area contributed by atoms with E-state index in [1.807, 2.05) is 12.1 Å². The molecule has 2 saturated heterocycles. The lowest BCUT2D eigenvalue weighted by molar-refractivity contribution is -0.119. The van der Waals surface area contributed by atoms with E-state index in [4.69, 9.17) is 4.74 Å². The highest BCUT2D eigenvalue weighted by molar-refractivity contribution is 7.91. The van der Waals surface area contributed by atoms with E-state index in [2.05, 4.69) is 14.6 Å². The van der Waals surface area contributed by atoms with Crippen molar-refractivity contribution < 1.29 is 31.5 Å². The topological polar surface area (TPSA) is 88.5 Å². The number of sulfonamides is 1. The maximum atomic E-state index is 13.7. The molecule has 0 radical (unpaired) electrons. The summed E-state index contributed by atoms with van der Waals surface area (Å²) in [5.74, 6) is -0.798. The molecular formula is C27H25F2N3O5S. The summed E-state index contributed by atoms with van der Waals surface area (Å²) in [6, 6.07) is 21.2. The SMILES string of the molecule is O=C1C(=Nc2ccc(N3CCOCC3)cc2)C(c2ccccc2)S(=O)(=O)N1Cc1ccc(OC(F)F)cc1. The van der Waals surface area contributed by atoms with Crippen molar-refractivity contribution >= 4 is 33.0 Å². The van der Waals surface area contributed by atoms with Gasteiger partial charge in [0.2, 0.25) is 0 Å². The maximum absolute atomic E-state index is 13.7. The van der Waals surface area contributed by atoms with Gasteiger partial charge < -0.3 is 14.4 Å². The van der Waals surface area contributed by atoms with Crippen LogP contribution < -0.4 is 9.64 Å². The van der Waals surface area contributed by atoms with Crippen molar-refractivity contribution in [1.82, 2.24) is 4.31 Å². The molecule has 1 atom stereocenters. The number of ether oxygens (including phenoxy) is 2. The number of carbonyl (C=O) groups is 1. The molecule has 0 spiro atoms. The predicted molar refractivity (Wildman–Crippen MR) is 138 cm³/mol. The van der Waals surface area contributed by atoms with Crippen molar-refractivity contribution in [3.8, 4) is 5.75 Å². The number of hydrogen-bond acceptors (Lipinski definition) is 7. The lowest BCUT2D eigenvalue weighted by Gasteiger charge is -2.28. The van der Waals surface area contributed by atoms with Gasteiger partial charge in [-0.25, -0.2) is 17.7 Å². The second-order valence-corrected chi connectivity index (χ2v) is 10.7. The first kappa shape index (κ1) is 25.8. The first-order valence-electron chi connectivity index (χ1n) is 12.0. The summed E-state index contributed by atoms with van der Waals surface area (Å²) in [5.41, 5.74) is 2.20. The average molecular weight is 542 g/mol. The fourth-order valence-electron chi connectivity index (χ4n) is 4.49. The van der Waals surface area contributed by atoms with Crippen LogP contribution in [0.25, 0.3) is 0 Å². The highest BCUT2D eigenvalue weighted by Crippen LogP contribution is 2.37. The number of morpholine rings is 1. The summed E-state index contributed by atoms with van der Waals surface area (Å²) in [4.78, 5) is 20.2. The van der Waals surface area contributed by atoms with Crippen LogP contribution in [0.1, 0.15) is 16.4 Å². The minimum absolute atomic E-state index is 0.0655. The first-order valence-corrected chi connectivity index (χ1v) is 13.5. The molecule has 8 nitrogen and oxygen atoms in total. The van der Waals surface area contributed by atoms with Gasteiger partial charge in [-0.05, 0) is 47.5 Å². The third-order valence-electron chi connectivity index (χ3n) is 6.35. The standard InChI is InChI=1S/C27H25F2N3O5S/c28-27(29)37-23-12-6-19(7-13-23)18-32-26(33)24(25(38(32,34)35)20-4-2-1-3-5-20)30-21-8-10-22(11-9-21)31-14-16-36-17-15-31/h1-13,25,27H,14-18H2. The van der Waals surface area contributed by atoms with E-state index in [9.17, 15) is 22.0 Å². The number of amides is 1. The van der Waals surface area contributed by atoms with Crippen molar-refractivity contribution in [3.05, 3.63) is 90.0 Å². The summed E-state index contributed by atoms with van der Waals surface area (Å²) in [6.07, 6.45) is 0. The maximum Gasteiger partial charge on any atom is 0.387 e. The van der Waals surface area contributed by atoms with Gasteiger partial charge in [0.25, 0.3) is 15.9 Å². The Kier molecular flexibility index (Phi) is 7.39. The molecule has 0 saturated carbocycles. The Hall–Kier alpha value is -3.83. The Balaban J connectivity index is 1.47. The molecule has 3 aromatic rings. The van der Waals surface area contributed by atoms with Crippen LogP contribution in [-0.4, -0.2) is 57.3 Å². The van der Waals surface area contributed by atoms with Crippen LogP contribution >= 0.6 is 0 Å². The molecule has 5 rings (SSSR count). The van der Waals surface area contributed by atoms with E-state index < -0.39 is 27.8 Å². The van der Waals surface area contributed by atoms with Crippen molar-refractivity contribution in [2.45, 2.75) is 18.4 Å². The Morgan fingerprint density at radius 1 is 0.947 bits per heavy atom. The molecule has 2 heterocycles. The Morgan fingerprint density at radius 3 is 2.24 bits per heavy atom. The molecule has 3 aromatic carbocycles. The molecule has 0 bridgehead atoms. The van der Waals surface area contributed by atoms with Crippen molar-refractivity contribution in [2.24, 2.45) is 4.99 Å². The van der Waals surface area contributed by atoms with Gasteiger partial charge in [-0.15, -0.1) is 0 Å². The number of alkyl halides is 2. The van der Waals surface area contributed by atoms with Gasteiger partial charge >= 0.3 is 6.61 Å². The second-order valence-electron chi connectivity index (χ2n) is 8.78. The van der Waals surface area contributed by atoms with Gasteiger partial charge in [0, 0.05) is 18.8 Å². The molecule has 0 aliphatic carbocycles. The molecule has 11 heteroatoms. The van der Waals surface area contributed by atoms with Crippen LogP contribution in [0.5, 0.6) is 5.75 Å². The van der Waals surface area contributed by atoms with Crippen LogP contribution in [-0.2, 0) is 26.1 Å². The molecule has 2 fully saturated rings. The molecule has 2 aliphatic heterocycles. The summed E-state index contributed by atoms with van der Waals surface area (Å²) in [5, 5.41) is -1.28. The number of carbonyl (C=O) groups excluding carboxylic acids is 1. The number of hydrogen-bond donors (Lipinski definition) is 0. The predicted octanol–water partition coefficient (Wildman–Crippen LogP) is 4.31. The van der Waals surface area contributed by atoms with E-state index in [0.29, 0.717) is 30.0 Å². The number of halogens is 2. The molecule has 38 heavy (non-hydrogen) atoms. The van der Waals surface area contributed by atoms with Crippen LogP contribution in [0, 0.1) is 0 Å². The fraction of sp³-hybridized carbons (Fsp3) is 0.259. The minimum atomic E-state index is -4.17. The summed E-state index contributed by atoms with van der Waals surface area (Å²) in [7, 11) is -4.17. The normalized spacial score (nSPS) is 20.3. The summed E-state index contributed by atoms with van der Waals surface area (Å²) >= 11 is 0. The van der Waals surface area contributed by atoms with Crippen LogP contribution in [0.15, 0.2) is 83.9 Å². The van der Waals surface area contributed by atoms with Gasteiger partial charge in [-0.2, -0.15) is 8.78 Å². The van der Waals surface area contributed by atoms with Crippen molar-refractivity contribution in [1.29, 1.82) is 0 Å². The fourth-order valence-corrected chi connectivity index (χ4v) is 6.34. The van der Waals surface area contributed by atoms with E-state index in [-0.39, 0.29) is 18.0 Å². The van der Waals surface area contributed by atoms with Gasteiger partial charge in [-0.1, -0.05) is 42.5 Å². The Bertz CT molecular complexity index is 1410. The zero-order valence-corrected chi connectivity index (χ0v) is 21.1. The quantitative estimate of drug-likeness (QED) is 0.443. The third kappa shape index (κ3) is 5.39. The lowest BCUT2D eigenvalue weighted by Crippen LogP contribution is -2.36. The van der Waals surface area contributed by atoms with Gasteiger partial charge in [0.1, 0.15) is 11.5 Å².